The number of carbonyl (C=O) groups is 2. The second kappa shape index (κ2) is 5.59. The highest BCUT2D eigenvalue weighted by Crippen LogP contribution is 2.20. The molecule has 0 saturated heterocycles. The zero-order valence-electron chi connectivity index (χ0n) is 7.90. The number of esters is 1. The van der Waals surface area contributed by atoms with Gasteiger partial charge in [-0.2, -0.15) is 0 Å². The van der Waals surface area contributed by atoms with Crippen LogP contribution in [0.5, 0.6) is 0 Å². The third-order valence-electron chi connectivity index (χ3n) is 2.05. The predicted octanol–water partition coefficient (Wildman–Crippen LogP) is 0.573. The van der Waals surface area contributed by atoms with Crippen molar-refractivity contribution in [2.45, 2.75) is 31.8 Å². The Morgan fingerprint density at radius 1 is 1.21 bits per heavy atom. The molecule has 80 valence electrons. The first-order valence-corrected chi connectivity index (χ1v) is 4.67. The van der Waals surface area contributed by atoms with E-state index in [1.807, 2.05) is 0 Å². The van der Waals surface area contributed by atoms with E-state index in [0.717, 1.165) is 25.7 Å². The molecular formula is C9H14O5. The summed E-state index contributed by atoms with van der Waals surface area (Å²) in [5, 5.41) is 8.23. The van der Waals surface area contributed by atoms with Crippen LogP contribution in [0.2, 0.25) is 0 Å². The lowest BCUT2D eigenvalue weighted by Gasteiger charge is -2.10. The molecule has 0 aliphatic heterocycles. The molecule has 1 N–H and O–H groups in total. The molecule has 0 amide bonds. The van der Waals surface area contributed by atoms with Crippen molar-refractivity contribution in [2.75, 3.05) is 13.2 Å². The van der Waals surface area contributed by atoms with Gasteiger partial charge < -0.3 is 14.6 Å². The molecule has 0 spiro atoms. The van der Waals surface area contributed by atoms with E-state index in [1.54, 1.807) is 0 Å². The maximum Gasteiger partial charge on any atom is 0.332 e. The van der Waals surface area contributed by atoms with Gasteiger partial charge >= 0.3 is 11.9 Å². The first-order chi connectivity index (χ1) is 6.68. The van der Waals surface area contributed by atoms with Crippen molar-refractivity contribution in [1.82, 2.24) is 0 Å². The van der Waals surface area contributed by atoms with Crippen molar-refractivity contribution in [2.24, 2.45) is 0 Å². The number of hydrogen-bond donors (Lipinski definition) is 1. The summed E-state index contributed by atoms with van der Waals surface area (Å²) in [5.41, 5.74) is 0. The van der Waals surface area contributed by atoms with Gasteiger partial charge in [-0.3, -0.25) is 0 Å². The Morgan fingerprint density at radius 2 is 1.86 bits per heavy atom. The van der Waals surface area contributed by atoms with Crippen LogP contribution >= 0.6 is 0 Å². The second-order valence-corrected chi connectivity index (χ2v) is 3.28. The first kappa shape index (κ1) is 11.0. The number of hydrogen-bond acceptors (Lipinski definition) is 4. The van der Waals surface area contributed by atoms with Crippen LogP contribution in [0.4, 0.5) is 0 Å². The Bertz CT molecular complexity index is 207. The van der Waals surface area contributed by atoms with Gasteiger partial charge in [-0.1, -0.05) is 0 Å². The summed E-state index contributed by atoms with van der Waals surface area (Å²) in [5.74, 6) is -1.56. The molecule has 1 fully saturated rings. The number of ether oxygens (including phenoxy) is 2. The lowest BCUT2D eigenvalue weighted by molar-refractivity contribution is -0.156. The minimum Gasteiger partial charge on any atom is -0.480 e. The zero-order valence-corrected chi connectivity index (χ0v) is 7.90. The fraction of sp³-hybridized carbons (Fsp3) is 0.778. The molecule has 0 aromatic rings. The van der Waals surface area contributed by atoms with E-state index in [4.69, 9.17) is 9.84 Å². The van der Waals surface area contributed by atoms with Gasteiger partial charge in [-0.15, -0.1) is 0 Å². The number of rotatable bonds is 5. The minimum absolute atomic E-state index is 0.0101. The highest BCUT2D eigenvalue weighted by atomic mass is 16.6. The van der Waals surface area contributed by atoms with Gasteiger partial charge in [0.2, 0.25) is 0 Å². The van der Waals surface area contributed by atoms with Gasteiger partial charge in [0.05, 0.1) is 0 Å². The topological polar surface area (TPSA) is 72.8 Å². The highest BCUT2D eigenvalue weighted by molar-refractivity contribution is 5.72. The van der Waals surface area contributed by atoms with Gasteiger partial charge in [0, 0.05) is 0 Å². The third kappa shape index (κ3) is 4.23. The summed E-state index contributed by atoms with van der Waals surface area (Å²) < 4.78 is 9.63. The van der Waals surface area contributed by atoms with E-state index < -0.39 is 18.5 Å². The maximum atomic E-state index is 11.0. The first-order valence-electron chi connectivity index (χ1n) is 4.67. The SMILES string of the molecule is O=C(O)COCC(=O)OC1CCCC1. The summed E-state index contributed by atoms with van der Waals surface area (Å²) in [6.45, 7) is -0.734. The average molecular weight is 202 g/mol. The van der Waals surface area contributed by atoms with Crippen molar-refractivity contribution in [3.8, 4) is 0 Å². The predicted molar refractivity (Wildman–Crippen MR) is 46.8 cm³/mol. The number of carboxylic acid groups (broad SMARTS) is 1. The third-order valence-corrected chi connectivity index (χ3v) is 2.05. The zero-order chi connectivity index (χ0) is 10.4. The molecular weight excluding hydrogens is 188 g/mol. The van der Waals surface area contributed by atoms with E-state index >= 15 is 0 Å². The van der Waals surface area contributed by atoms with Crippen LogP contribution in [0.3, 0.4) is 0 Å². The van der Waals surface area contributed by atoms with E-state index in [9.17, 15) is 9.59 Å². The summed E-state index contributed by atoms with van der Waals surface area (Å²) >= 11 is 0. The van der Waals surface area contributed by atoms with Crippen LogP contribution in [0.15, 0.2) is 0 Å². The number of carboxylic acids is 1. The average Bonchev–Trinajstić information content (AvgIpc) is 2.56. The maximum absolute atomic E-state index is 11.0. The van der Waals surface area contributed by atoms with Crippen molar-refractivity contribution >= 4 is 11.9 Å². The van der Waals surface area contributed by atoms with Crippen molar-refractivity contribution in [3.63, 3.8) is 0 Å². The smallest absolute Gasteiger partial charge is 0.332 e. The Labute approximate surface area is 82.0 Å². The molecule has 0 unspecified atom stereocenters. The van der Waals surface area contributed by atoms with Crippen LogP contribution in [-0.2, 0) is 19.1 Å². The molecule has 5 nitrogen and oxygen atoms in total. The second-order valence-electron chi connectivity index (χ2n) is 3.28. The summed E-state index contributed by atoms with van der Waals surface area (Å²) in [6.07, 6.45) is 4.01. The fourth-order valence-corrected chi connectivity index (χ4v) is 1.45. The normalized spacial score (nSPS) is 16.9. The summed E-state index contributed by atoms with van der Waals surface area (Å²) in [7, 11) is 0. The van der Waals surface area contributed by atoms with Gasteiger partial charge in [0.15, 0.2) is 0 Å². The molecule has 0 radical (unpaired) electrons. The largest absolute Gasteiger partial charge is 0.480 e. The Hall–Kier alpha value is -1.10. The summed E-state index contributed by atoms with van der Waals surface area (Å²) in [6, 6.07) is 0. The fourth-order valence-electron chi connectivity index (χ4n) is 1.45. The number of aliphatic carboxylic acids is 1. The summed E-state index contributed by atoms with van der Waals surface area (Å²) in [4.78, 5) is 21.1. The lowest BCUT2D eigenvalue weighted by Crippen LogP contribution is -2.21. The Balaban J connectivity index is 2.06. The number of carbonyl (C=O) groups excluding carboxylic acids is 1. The van der Waals surface area contributed by atoms with E-state index in [-0.39, 0.29) is 12.7 Å². The molecule has 0 aromatic heterocycles. The molecule has 0 bridgehead atoms. The minimum atomic E-state index is -1.08. The molecule has 5 heteroatoms. The molecule has 1 aliphatic rings. The molecule has 1 aliphatic carbocycles. The molecule has 1 rings (SSSR count). The molecule has 0 heterocycles. The quantitative estimate of drug-likeness (QED) is 0.660. The Kier molecular flexibility index (Phi) is 4.39. The molecule has 0 atom stereocenters. The van der Waals surface area contributed by atoms with Crippen LogP contribution < -0.4 is 0 Å². The van der Waals surface area contributed by atoms with Crippen molar-refractivity contribution < 1.29 is 24.2 Å². The monoisotopic (exact) mass is 202 g/mol. The molecule has 14 heavy (non-hydrogen) atoms. The Morgan fingerprint density at radius 3 is 2.43 bits per heavy atom. The van der Waals surface area contributed by atoms with Gasteiger partial charge in [0.1, 0.15) is 19.3 Å². The van der Waals surface area contributed by atoms with Crippen LogP contribution in [0.25, 0.3) is 0 Å². The highest BCUT2D eigenvalue weighted by Gasteiger charge is 2.19. The van der Waals surface area contributed by atoms with Gasteiger partial charge in [0.25, 0.3) is 0 Å². The van der Waals surface area contributed by atoms with E-state index in [0.29, 0.717) is 0 Å². The molecule has 0 aromatic carbocycles. The lowest BCUT2D eigenvalue weighted by atomic mass is 10.3. The van der Waals surface area contributed by atoms with Crippen LogP contribution in [0.1, 0.15) is 25.7 Å². The van der Waals surface area contributed by atoms with E-state index in [2.05, 4.69) is 4.74 Å². The van der Waals surface area contributed by atoms with Gasteiger partial charge in [-0.05, 0) is 25.7 Å². The van der Waals surface area contributed by atoms with Crippen molar-refractivity contribution in [1.29, 1.82) is 0 Å². The van der Waals surface area contributed by atoms with Crippen LogP contribution in [0, 0.1) is 0 Å². The standard InChI is InChI=1S/C9H14O5/c10-8(11)5-13-6-9(12)14-7-3-1-2-4-7/h7H,1-6H2,(H,10,11). The van der Waals surface area contributed by atoms with Gasteiger partial charge in [-0.25, -0.2) is 9.59 Å². The van der Waals surface area contributed by atoms with Crippen molar-refractivity contribution in [3.05, 3.63) is 0 Å². The van der Waals surface area contributed by atoms with Crippen LogP contribution in [-0.4, -0.2) is 36.4 Å². The molecule has 1 saturated carbocycles. The van der Waals surface area contributed by atoms with E-state index in [1.165, 1.54) is 0 Å².